The Balaban J connectivity index is 2.70. The Labute approximate surface area is 98.3 Å². The van der Waals surface area contributed by atoms with Crippen LogP contribution in [0.5, 0.6) is 0 Å². The number of nitrogen functional groups attached to an aromatic ring is 2. The first-order valence-corrected chi connectivity index (χ1v) is 4.99. The van der Waals surface area contributed by atoms with Crippen LogP contribution in [0.1, 0.15) is 19.0 Å². The van der Waals surface area contributed by atoms with Gasteiger partial charge < -0.3 is 27.3 Å². The van der Waals surface area contributed by atoms with E-state index in [9.17, 15) is 4.79 Å². The van der Waals surface area contributed by atoms with Crippen LogP contribution in [-0.2, 0) is 0 Å². The van der Waals surface area contributed by atoms with Gasteiger partial charge in [-0.15, -0.1) is 0 Å². The van der Waals surface area contributed by atoms with E-state index >= 15 is 0 Å². The molecule has 1 rings (SSSR count). The van der Waals surface area contributed by atoms with E-state index in [1.165, 1.54) is 0 Å². The van der Waals surface area contributed by atoms with Crippen LogP contribution < -0.4 is 16.8 Å². The summed E-state index contributed by atoms with van der Waals surface area (Å²) in [5.41, 5.74) is 12.0. The van der Waals surface area contributed by atoms with Gasteiger partial charge in [-0.3, -0.25) is 0 Å². The van der Waals surface area contributed by atoms with Gasteiger partial charge in [-0.2, -0.15) is 0 Å². The zero-order valence-electron chi connectivity index (χ0n) is 9.40. The van der Waals surface area contributed by atoms with E-state index in [-0.39, 0.29) is 24.0 Å². The quantitative estimate of drug-likeness (QED) is 0.489. The molecule has 1 aromatic heterocycles. The van der Waals surface area contributed by atoms with Crippen molar-refractivity contribution < 1.29 is 9.90 Å². The molecule has 17 heavy (non-hydrogen) atoms. The summed E-state index contributed by atoms with van der Waals surface area (Å²) < 4.78 is 0. The summed E-state index contributed by atoms with van der Waals surface area (Å²) in [5.74, 6) is 0.172. The van der Waals surface area contributed by atoms with Crippen molar-refractivity contribution in [2.75, 3.05) is 11.5 Å². The van der Waals surface area contributed by atoms with Crippen molar-refractivity contribution in [3.63, 3.8) is 0 Å². The third-order valence-electron chi connectivity index (χ3n) is 2.15. The fourth-order valence-electron chi connectivity index (χ4n) is 1.33. The van der Waals surface area contributed by atoms with Crippen molar-refractivity contribution >= 4 is 23.3 Å². The smallest absolute Gasteiger partial charge is 0.404 e. The number of carboxylic acid groups (broad SMARTS) is 1. The lowest BCUT2D eigenvalue weighted by molar-refractivity contribution is 0.191. The third kappa shape index (κ3) is 3.63. The highest BCUT2D eigenvalue weighted by molar-refractivity contribution is 5.97. The molecule has 7 N–H and O–H groups in total. The van der Waals surface area contributed by atoms with Crippen LogP contribution >= 0.6 is 0 Å². The lowest BCUT2D eigenvalue weighted by atomic mass is 10.1. The highest BCUT2D eigenvalue weighted by Gasteiger charge is 2.11. The van der Waals surface area contributed by atoms with Crippen molar-refractivity contribution in [1.29, 1.82) is 5.41 Å². The fourth-order valence-corrected chi connectivity index (χ4v) is 1.33. The van der Waals surface area contributed by atoms with Crippen molar-refractivity contribution in [2.24, 2.45) is 0 Å². The Hall–Kier alpha value is -2.31. The van der Waals surface area contributed by atoms with Gasteiger partial charge in [0.1, 0.15) is 5.82 Å². The Morgan fingerprint density at radius 2 is 2.24 bits per heavy atom. The molecule has 7 nitrogen and oxygen atoms in total. The highest BCUT2D eigenvalue weighted by atomic mass is 16.4. The molecule has 0 bridgehead atoms. The first-order valence-electron chi connectivity index (χ1n) is 4.99. The standard InChI is InChI=1S/C10H15N5O2/c1-5(14-10(16)17)4-7(12)8-3-2-6(11)9(13)15-8/h2-3,5,12,14H,4,11H2,1H3,(H2,13,15)(H,16,17). The van der Waals surface area contributed by atoms with E-state index in [1.807, 2.05) is 0 Å². The van der Waals surface area contributed by atoms with Gasteiger partial charge in [-0.1, -0.05) is 0 Å². The van der Waals surface area contributed by atoms with Gasteiger partial charge in [-0.25, -0.2) is 9.78 Å². The molecule has 0 aliphatic carbocycles. The van der Waals surface area contributed by atoms with Crippen LogP contribution in [0.15, 0.2) is 12.1 Å². The van der Waals surface area contributed by atoms with E-state index in [0.29, 0.717) is 11.4 Å². The second-order valence-corrected chi connectivity index (χ2v) is 3.70. The van der Waals surface area contributed by atoms with Gasteiger partial charge in [0.25, 0.3) is 0 Å². The summed E-state index contributed by atoms with van der Waals surface area (Å²) in [4.78, 5) is 14.4. The number of nitrogens with one attached hydrogen (secondary N) is 2. The number of pyridine rings is 1. The Bertz CT molecular complexity index is 446. The minimum atomic E-state index is -1.12. The van der Waals surface area contributed by atoms with Gasteiger partial charge >= 0.3 is 6.09 Å². The number of carbonyl (C=O) groups is 1. The maximum atomic E-state index is 10.4. The molecule has 1 aromatic rings. The van der Waals surface area contributed by atoms with Gasteiger partial charge in [0, 0.05) is 12.5 Å². The Kier molecular flexibility index (Phi) is 3.86. The molecule has 0 spiro atoms. The first kappa shape index (κ1) is 12.8. The number of rotatable bonds is 4. The fraction of sp³-hybridized carbons (Fsp3) is 0.300. The third-order valence-corrected chi connectivity index (χ3v) is 2.15. The molecular weight excluding hydrogens is 222 g/mol. The minimum absolute atomic E-state index is 0.172. The van der Waals surface area contributed by atoms with Crippen LogP contribution in [0.3, 0.4) is 0 Å². The van der Waals surface area contributed by atoms with Crippen molar-refractivity contribution in [3.8, 4) is 0 Å². The van der Waals surface area contributed by atoms with E-state index in [1.54, 1.807) is 19.1 Å². The topological polar surface area (TPSA) is 138 Å². The summed E-state index contributed by atoms with van der Waals surface area (Å²) in [6, 6.07) is 2.80. The minimum Gasteiger partial charge on any atom is -0.465 e. The molecule has 0 radical (unpaired) electrons. The zero-order chi connectivity index (χ0) is 13.0. The highest BCUT2D eigenvalue weighted by Crippen LogP contribution is 2.13. The summed E-state index contributed by atoms with van der Waals surface area (Å²) in [7, 11) is 0. The molecule has 7 heteroatoms. The van der Waals surface area contributed by atoms with Crippen LogP contribution in [0.4, 0.5) is 16.3 Å². The molecule has 0 fully saturated rings. The molecule has 1 unspecified atom stereocenters. The van der Waals surface area contributed by atoms with E-state index < -0.39 is 6.09 Å². The average Bonchev–Trinajstić information content (AvgIpc) is 2.20. The molecule has 0 saturated heterocycles. The van der Waals surface area contributed by atoms with E-state index in [2.05, 4.69) is 10.3 Å². The molecule has 0 aromatic carbocycles. The predicted octanol–water partition coefficient (Wildman–Crippen LogP) is 0.660. The number of nitrogens with two attached hydrogens (primary N) is 2. The molecule has 0 saturated carbocycles. The summed E-state index contributed by atoms with van der Waals surface area (Å²) in [6.45, 7) is 1.67. The Morgan fingerprint density at radius 1 is 1.59 bits per heavy atom. The zero-order valence-corrected chi connectivity index (χ0v) is 9.40. The van der Waals surface area contributed by atoms with Crippen LogP contribution in [-0.4, -0.2) is 27.9 Å². The molecule has 1 atom stereocenters. The first-order chi connectivity index (χ1) is 7.90. The predicted molar refractivity (Wildman–Crippen MR) is 65.1 cm³/mol. The monoisotopic (exact) mass is 237 g/mol. The summed E-state index contributed by atoms with van der Waals surface area (Å²) in [5, 5.41) is 18.6. The number of aromatic nitrogens is 1. The van der Waals surface area contributed by atoms with Crippen molar-refractivity contribution in [3.05, 3.63) is 17.8 Å². The van der Waals surface area contributed by atoms with Crippen LogP contribution in [0.2, 0.25) is 0 Å². The maximum absolute atomic E-state index is 10.4. The van der Waals surface area contributed by atoms with Gasteiger partial charge in [0.2, 0.25) is 0 Å². The lowest BCUT2D eigenvalue weighted by Gasteiger charge is -2.12. The molecule has 1 heterocycles. The molecule has 92 valence electrons. The number of amides is 1. The number of hydrogen-bond acceptors (Lipinski definition) is 5. The number of anilines is 2. The van der Waals surface area contributed by atoms with Crippen molar-refractivity contribution in [1.82, 2.24) is 10.3 Å². The van der Waals surface area contributed by atoms with E-state index in [4.69, 9.17) is 22.0 Å². The average molecular weight is 237 g/mol. The van der Waals surface area contributed by atoms with Crippen LogP contribution in [0, 0.1) is 5.41 Å². The second-order valence-electron chi connectivity index (χ2n) is 3.70. The SMILES string of the molecule is CC(CC(=N)c1ccc(N)c(N)n1)NC(=O)O. The van der Waals surface area contributed by atoms with E-state index in [0.717, 1.165) is 0 Å². The lowest BCUT2D eigenvalue weighted by Crippen LogP contribution is -2.33. The summed E-state index contributed by atoms with van der Waals surface area (Å²) in [6.07, 6.45) is -0.877. The van der Waals surface area contributed by atoms with Crippen molar-refractivity contribution in [2.45, 2.75) is 19.4 Å². The second kappa shape index (κ2) is 5.15. The maximum Gasteiger partial charge on any atom is 0.404 e. The largest absolute Gasteiger partial charge is 0.465 e. The number of nitrogens with zero attached hydrogens (tertiary/aromatic N) is 1. The summed E-state index contributed by atoms with van der Waals surface area (Å²) >= 11 is 0. The van der Waals surface area contributed by atoms with Crippen LogP contribution in [0.25, 0.3) is 0 Å². The molecule has 1 amide bonds. The molecular formula is C10H15N5O2. The number of hydrogen-bond donors (Lipinski definition) is 5. The van der Waals surface area contributed by atoms with Gasteiger partial charge in [0.05, 0.1) is 17.1 Å². The Morgan fingerprint density at radius 3 is 2.76 bits per heavy atom. The normalized spacial score (nSPS) is 11.8. The molecule has 0 aliphatic rings. The molecule has 0 aliphatic heterocycles. The van der Waals surface area contributed by atoms with Gasteiger partial charge in [0.15, 0.2) is 0 Å². The van der Waals surface area contributed by atoms with Gasteiger partial charge in [-0.05, 0) is 19.1 Å².